The number of para-hydroxylation sites is 2. The summed E-state index contributed by atoms with van der Waals surface area (Å²) in [6.07, 6.45) is 0. The van der Waals surface area contributed by atoms with Crippen LogP contribution in [-0.4, -0.2) is 36.8 Å². The number of benzene rings is 1. The zero-order chi connectivity index (χ0) is 16.2. The van der Waals surface area contributed by atoms with Gasteiger partial charge in [0.15, 0.2) is 0 Å². The molecule has 1 saturated heterocycles. The number of rotatable bonds is 4. The molecule has 5 heteroatoms. The highest BCUT2D eigenvalue weighted by Gasteiger charge is 2.16. The predicted molar refractivity (Wildman–Crippen MR) is 92.0 cm³/mol. The topological polar surface area (TPSA) is 46.5 Å². The fourth-order valence-corrected chi connectivity index (χ4v) is 2.94. The number of ether oxygens (including phenoxy) is 1. The van der Waals surface area contributed by atoms with Crippen LogP contribution in [0.5, 0.6) is 0 Å². The molecule has 3 rings (SSSR count). The third-order valence-corrected chi connectivity index (χ3v) is 4.25. The van der Waals surface area contributed by atoms with Gasteiger partial charge < -0.3 is 19.5 Å². The minimum atomic E-state index is -0.00638. The van der Waals surface area contributed by atoms with Gasteiger partial charge in [-0.25, -0.2) is 0 Å². The molecule has 1 aliphatic rings. The minimum absolute atomic E-state index is 0.00638. The van der Waals surface area contributed by atoms with E-state index in [-0.39, 0.29) is 5.91 Å². The Balaban J connectivity index is 1.73. The fraction of sp³-hybridized carbons (Fsp3) is 0.389. The Morgan fingerprint density at radius 1 is 1.09 bits per heavy atom. The van der Waals surface area contributed by atoms with Crippen LogP contribution in [0.15, 0.2) is 36.4 Å². The number of nitrogens with zero attached hydrogens (tertiary/aromatic N) is 2. The van der Waals surface area contributed by atoms with Gasteiger partial charge in [-0.2, -0.15) is 0 Å². The number of carbonyl (C=O) groups excluding carboxylic acids is 1. The second-order valence-corrected chi connectivity index (χ2v) is 5.87. The van der Waals surface area contributed by atoms with Crippen molar-refractivity contribution in [2.45, 2.75) is 20.4 Å². The molecule has 23 heavy (non-hydrogen) atoms. The van der Waals surface area contributed by atoms with Crippen LogP contribution < -0.4 is 10.2 Å². The number of aryl methyl sites for hydroxylation is 2. The van der Waals surface area contributed by atoms with E-state index in [4.69, 9.17) is 4.74 Å². The lowest BCUT2D eigenvalue weighted by atomic mass is 10.2. The molecule has 0 spiro atoms. The molecule has 1 N–H and O–H groups in total. The number of carbonyl (C=O) groups is 1. The molecular weight excluding hydrogens is 290 g/mol. The lowest BCUT2D eigenvalue weighted by molar-refractivity contribution is -0.116. The van der Waals surface area contributed by atoms with Gasteiger partial charge in [0.2, 0.25) is 5.91 Å². The third kappa shape index (κ3) is 3.56. The Kier molecular flexibility index (Phi) is 4.67. The summed E-state index contributed by atoms with van der Waals surface area (Å²) in [5.41, 5.74) is 4.12. The van der Waals surface area contributed by atoms with Gasteiger partial charge in [0, 0.05) is 24.5 Å². The van der Waals surface area contributed by atoms with Crippen LogP contribution in [0.1, 0.15) is 11.4 Å². The van der Waals surface area contributed by atoms with Gasteiger partial charge in [-0.3, -0.25) is 4.79 Å². The van der Waals surface area contributed by atoms with E-state index in [0.29, 0.717) is 6.54 Å². The maximum Gasteiger partial charge on any atom is 0.244 e. The van der Waals surface area contributed by atoms with Crippen molar-refractivity contribution >= 4 is 17.3 Å². The van der Waals surface area contributed by atoms with Crippen LogP contribution in [0.25, 0.3) is 0 Å². The van der Waals surface area contributed by atoms with Gasteiger partial charge in [-0.1, -0.05) is 12.1 Å². The average molecular weight is 313 g/mol. The minimum Gasteiger partial charge on any atom is -0.378 e. The number of hydrogen-bond donors (Lipinski definition) is 1. The van der Waals surface area contributed by atoms with Crippen molar-refractivity contribution in [3.05, 3.63) is 47.8 Å². The number of aromatic nitrogens is 1. The Hall–Kier alpha value is -2.27. The Labute approximate surface area is 136 Å². The number of nitrogens with one attached hydrogen (secondary N) is 1. The van der Waals surface area contributed by atoms with E-state index in [9.17, 15) is 4.79 Å². The van der Waals surface area contributed by atoms with E-state index in [1.807, 2.05) is 54.8 Å². The van der Waals surface area contributed by atoms with Crippen LogP contribution in [0.4, 0.5) is 11.4 Å². The highest BCUT2D eigenvalue weighted by Crippen LogP contribution is 2.26. The molecule has 1 amide bonds. The van der Waals surface area contributed by atoms with Crippen molar-refractivity contribution in [3.8, 4) is 0 Å². The first-order valence-electron chi connectivity index (χ1n) is 7.99. The smallest absolute Gasteiger partial charge is 0.244 e. The molecule has 2 heterocycles. The van der Waals surface area contributed by atoms with E-state index in [1.54, 1.807) is 0 Å². The van der Waals surface area contributed by atoms with Crippen LogP contribution >= 0.6 is 0 Å². The summed E-state index contributed by atoms with van der Waals surface area (Å²) in [6.45, 7) is 7.52. The molecule has 1 aromatic carbocycles. The summed E-state index contributed by atoms with van der Waals surface area (Å²) >= 11 is 0. The van der Waals surface area contributed by atoms with Crippen LogP contribution in [0.3, 0.4) is 0 Å². The van der Waals surface area contributed by atoms with Crippen molar-refractivity contribution in [2.24, 2.45) is 0 Å². The first-order valence-corrected chi connectivity index (χ1v) is 7.99. The van der Waals surface area contributed by atoms with Crippen molar-refractivity contribution in [1.82, 2.24) is 4.57 Å². The average Bonchev–Trinajstić information content (AvgIpc) is 2.88. The zero-order valence-corrected chi connectivity index (χ0v) is 13.7. The lowest BCUT2D eigenvalue weighted by Crippen LogP contribution is -2.36. The first-order chi connectivity index (χ1) is 11.1. The molecule has 0 saturated carbocycles. The molecule has 2 aromatic rings. The summed E-state index contributed by atoms with van der Waals surface area (Å²) in [5, 5.41) is 3.06. The monoisotopic (exact) mass is 313 g/mol. The normalized spacial score (nSPS) is 14.8. The van der Waals surface area contributed by atoms with Crippen molar-refractivity contribution < 1.29 is 9.53 Å². The first kappa shape index (κ1) is 15.6. The summed E-state index contributed by atoms with van der Waals surface area (Å²) in [4.78, 5) is 14.7. The SMILES string of the molecule is Cc1ccc(C)n1CC(=O)Nc1ccccc1N1CCOCC1. The predicted octanol–water partition coefficient (Wildman–Crippen LogP) is 2.58. The highest BCUT2D eigenvalue weighted by atomic mass is 16.5. The number of morpholine rings is 1. The van der Waals surface area contributed by atoms with Crippen molar-refractivity contribution in [3.63, 3.8) is 0 Å². The molecule has 5 nitrogen and oxygen atoms in total. The standard InChI is InChI=1S/C18H23N3O2/c1-14-7-8-15(2)21(14)13-18(22)19-16-5-3-4-6-17(16)20-9-11-23-12-10-20/h3-8H,9-13H2,1-2H3,(H,19,22). The molecule has 0 atom stereocenters. The molecule has 0 aliphatic carbocycles. The van der Waals surface area contributed by atoms with Crippen LogP contribution in [0, 0.1) is 13.8 Å². The zero-order valence-electron chi connectivity index (χ0n) is 13.7. The highest BCUT2D eigenvalue weighted by molar-refractivity contribution is 5.94. The Morgan fingerprint density at radius 2 is 1.74 bits per heavy atom. The summed E-state index contributed by atoms with van der Waals surface area (Å²) in [5.74, 6) is -0.00638. The third-order valence-electron chi connectivity index (χ3n) is 4.25. The fourth-order valence-electron chi connectivity index (χ4n) is 2.94. The Bertz CT molecular complexity index is 668. The van der Waals surface area contributed by atoms with Gasteiger partial charge in [0.1, 0.15) is 6.54 Å². The molecular formula is C18H23N3O2. The van der Waals surface area contributed by atoms with Gasteiger partial charge in [0.05, 0.1) is 24.6 Å². The van der Waals surface area contributed by atoms with Gasteiger partial charge in [-0.15, -0.1) is 0 Å². The van der Waals surface area contributed by atoms with Crippen molar-refractivity contribution in [2.75, 3.05) is 36.5 Å². The molecule has 0 bridgehead atoms. The van der Waals surface area contributed by atoms with E-state index in [1.165, 1.54) is 0 Å². The lowest BCUT2D eigenvalue weighted by Gasteiger charge is -2.30. The molecule has 122 valence electrons. The van der Waals surface area contributed by atoms with E-state index in [0.717, 1.165) is 49.1 Å². The van der Waals surface area contributed by atoms with Gasteiger partial charge >= 0.3 is 0 Å². The number of anilines is 2. The van der Waals surface area contributed by atoms with E-state index in [2.05, 4.69) is 10.2 Å². The number of hydrogen-bond acceptors (Lipinski definition) is 3. The maximum atomic E-state index is 12.4. The second kappa shape index (κ2) is 6.87. The van der Waals surface area contributed by atoms with Crippen LogP contribution in [0.2, 0.25) is 0 Å². The molecule has 0 radical (unpaired) electrons. The maximum absolute atomic E-state index is 12.4. The van der Waals surface area contributed by atoms with Crippen LogP contribution in [-0.2, 0) is 16.1 Å². The largest absolute Gasteiger partial charge is 0.378 e. The van der Waals surface area contributed by atoms with Gasteiger partial charge in [-0.05, 0) is 38.1 Å². The quantitative estimate of drug-likeness (QED) is 0.944. The van der Waals surface area contributed by atoms with E-state index >= 15 is 0 Å². The van der Waals surface area contributed by atoms with Gasteiger partial charge in [0.25, 0.3) is 0 Å². The van der Waals surface area contributed by atoms with Crippen molar-refractivity contribution in [1.29, 1.82) is 0 Å². The molecule has 1 aliphatic heterocycles. The summed E-state index contributed by atoms with van der Waals surface area (Å²) < 4.78 is 7.43. The second-order valence-electron chi connectivity index (χ2n) is 5.87. The van der Waals surface area contributed by atoms with E-state index < -0.39 is 0 Å². The summed E-state index contributed by atoms with van der Waals surface area (Å²) in [7, 11) is 0. The Morgan fingerprint density at radius 3 is 2.43 bits per heavy atom. The molecule has 1 aromatic heterocycles. The molecule has 1 fully saturated rings. The number of amides is 1. The summed E-state index contributed by atoms with van der Waals surface area (Å²) in [6, 6.07) is 12.0. The molecule has 0 unspecified atom stereocenters.